The molecule has 2 aliphatic heterocycles. The molecule has 9 heteroatoms. The number of thiophene rings is 1. The number of rotatable bonds is 3. The van der Waals surface area contributed by atoms with Gasteiger partial charge < -0.3 is 19.5 Å². The fraction of sp³-hybridized carbons (Fsp3) is 0.529. The van der Waals surface area contributed by atoms with Crippen LogP contribution in [0.15, 0.2) is 17.5 Å². The molecule has 26 heavy (non-hydrogen) atoms. The number of ether oxygens (including phenoxy) is 2. The smallest absolute Gasteiger partial charge is 0.235 e. The minimum atomic E-state index is -0.381. The van der Waals surface area contributed by atoms with Crippen LogP contribution in [0.4, 0.5) is 0 Å². The molecule has 3 aromatic heterocycles. The largest absolute Gasteiger partial charge is 0.492 e. The van der Waals surface area contributed by atoms with Crippen LogP contribution in [0, 0.1) is 6.92 Å². The van der Waals surface area contributed by atoms with E-state index in [4.69, 9.17) is 9.47 Å². The van der Waals surface area contributed by atoms with Crippen molar-refractivity contribution in [1.29, 1.82) is 0 Å². The topological polar surface area (TPSA) is 73.3 Å². The number of quaternary nitrogens is 1. The molecule has 0 bridgehead atoms. The summed E-state index contributed by atoms with van der Waals surface area (Å²) in [6.07, 6.45) is 1.76. The van der Waals surface area contributed by atoms with Gasteiger partial charge in [-0.1, -0.05) is 17.4 Å². The molecule has 1 atom stereocenters. The third kappa shape index (κ3) is 2.66. The number of thiazole rings is 1. The van der Waals surface area contributed by atoms with Crippen LogP contribution in [0.1, 0.15) is 34.5 Å². The Bertz CT molecular complexity index is 904. The first kappa shape index (κ1) is 16.6. The van der Waals surface area contributed by atoms with Crippen LogP contribution in [0.25, 0.3) is 4.96 Å². The van der Waals surface area contributed by atoms with E-state index in [9.17, 15) is 5.11 Å². The number of aryl methyl sites for hydroxylation is 1. The predicted octanol–water partition coefficient (Wildman–Crippen LogP) is 1.38. The molecule has 3 aromatic rings. The molecule has 2 aliphatic rings. The highest BCUT2D eigenvalue weighted by molar-refractivity contribution is 7.17. The molecule has 5 heterocycles. The molecule has 0 radical (unpaired) electrons. The van der Waals surface area contributed by atoms with Crippen molar-refractivity contribution in [2.24, 2.45) is 0 Å². The second kappa shape index (κ2) is 6.28. The zero-order chi connectivity index (χ0) is 17.7. The van der Waals surface area contributed by atoms with Gasteiger partial charge in [0.05, 0.1) is 44.0 Å². The van der Waals surface area contributed by atoms with Crippen molar-refractivity contribution in [1.82, 2.24) is 14.6 Å². The maximum Gasteiger partial charge on any atom is 0.235 e. The molecule has 7 nitrogen and oxygen atoms in total. The molecule has 0 saturated carbocycles. The quantitative estimate of drug-likeness (QED) is 0.703. The van der Waals surface area contributed by atoms with Gasteiger partial charge in [-0.05, 0) is 18.4 Å². The molecule has 0 aromatic carbocycles. The summed E-state index contributed by atoms with van der Waals surface area (Å²) in [6, 6.07) is 4.30. The van der Waals surface area contributed by atoms with Crippen molar-refractivity contribution in [3.8, 4) is 5.88 Å². The van der Waals surface area contributed by atoms with Crippen LogP contribution in [0.2, 0.25) is 0 Å². The standard InChI is InChI=1S/C17H20N4O3S2/c1-11-18-16-21(19-11)15(22)14(26-16)13(12-3-2-10-25-12)20-6-4-17(5-7-20)23-8-9-24-17/h2-3,10,13,22H,4-9H2,1H3/p+1/t13-/m1/s1. The van der Waals surface area contributed by atoms with Crippen LogP contribution < -0.4 is 4.90 Å². The number of hydrogen-bond donors (Lipinski definition) is 2. The maximum absolute atomic E-state index is 10.8. The third-order valence-electron chi connectivity index (χ3n) is 5.27. The summed E-state index contributed by atoms with van der Waals surface area (Å²) in [5.74, 6) is 0.507. The Balaban J connectivity index is 1.50. The maximum atomic E-state index is 10.8. The first-order valence-corrected chi connectivity index (χ1v) is 10.6. The zero-order valence-corrected chi connectivity index (χ0v) is 16.1. The van der Waals surface area contributed by atoms with E-state index in [0.29, 0.717) is 19.0 Å². The van der Waals surface area contributed by atoms with E-state index in [2.05, 4.69) is 27.6 Å². The Kier molecular flexibility index (Phi) is 4.02. The molecule has 0 aliphatic carbocycles. The van der Waals surface area contributed by atoms with Gasteiger partial charge in [0, 0.05) is 0 Å². The van der Waals surface area contributed by atoms with Crippen molar-refractivity contribution in [3.05, 3.63) is 33.1 Å². The second-order valence-corrected chi connectivity index (χ2v) is 8.85. The number of likely N-dealkylation sites (tertiary alicyclic amines) is 1. The van der Waals surface area contributed by atoms with Crippen molar-refractivity contribution in [3.63, 3.8) is 0 Å². The van der Waals surface area contributed by atoms with Gasteiger partial charge in [-0.3, -0.25) is 0 Å². The highest BCUT2D eigenvalue weighted by Crippen LogP contribution is 2.37. The lowest BCUT2D eigenvalue weighted by Crippen LogP contribution is -3.14. The predicted molar refractivity (Wildman–Crippen MR) is 98.0 cm³/mol. The molecule has 2 saturated heterocycles. The molecule has 0 unspecified atom stereocenters. The van der Waals surface area contributed by atoms with Gasteiger partial charge in [0.15, 0.2) is 11.8 Å². The summed E-state index contributed by atoms with van der Waals surface area (Å²) in [5, 5.41) is 17.2. The minimum absolute atomic E-state index is 0.0857. The minimum Gasteiger partial charge on any atom is -0.492 e. The Labute approximate surface area is 158 Å². The van der Waals surface area contributed by atoms with E-state index in [1.54, 1.807) is 15.9 Å². The van der Waals surface area contributed by atoms with Gasteiger partial charge in [-0.15, -0.1) is 16.4 Å². The average Bonchev–Trinajstić information content (AvgIpc) is 3.40. The Morgan fingerprint density at radius 3 is 2.73 bits per heavy atom. The summed E-state index contributed by atoms with van der Waals surface area (Å²) in [6.45, 7) is 5.10. The summed E-state index contributed by atoms with van der Waals surface area (Å²) in [7, 11) is 0. The summed E-state index contributed by atoms with van der Waals surface area (Å²) < 4.78 is 13.3. The number of hydrogen-bond acceptors (Lipinski definition) is 7. The van der Waals surface area contributed by atoms with Crippen LogP contribution in [0.5, 0.6) is 5.88 Å². The number of fused-ring (bicyclic) bond motifs is 1. The summed E-state index contributed by atoms with van der Waals surface area (Å²) in [4.78, 5) is 8.78. The first-order chi connectivity index (χ1) is 12.7. The first-order valence-electron chi connectivity index (χ1n) is 8.86. The van der Waals surface area contributed by atoms with Crippen molar-refractivity contribution in [2.45, 2.75) is 31.6 Å². The molecular formula is C17H21N4O3S2+. The average molecular weight is 394 g/mol. The van der Waals surface area contributed by atoms with Crippen molar-refractivity contribution >= 4 is 27.6 Å². The van der Waals surface area contributed by atoms with Gasteiger partial charge in [-0.2, -0.15) is 4.52 Å². The molecule has 0 amide bonds. The molecule has 138 valence electrons. The van der Waals surface area contributed by atoms with Gasteiger partial charge in [0.1, 0.15) is 10.7 Å². The normalized spacial score (nSPS) is 21.7. The van der Waals surface area contributed by atoms with Gasteiger partial charge in [-0.25, -0.2) is 4.98 Å². The SMILES string of the molecule is Cc1nc2sc([C@@H](c3cccs3)[NH+]3CCC4(CC3)OCCO4)c(O)n2n1. The zero-order valence-electron chi connectivity index (χ0n) is 14.5. The monoisotopic (exact) mass is 393 g/mol. The Morgan fingerprint density at radius 2 is 2.08 bits per heavy atom. The number of piperidine rings is 1. The summed E-state index contributed by atoms with van der Waals surface area (Å²) in [5.41, 5.74) is 0. The van der Waals surface area contributed by atoms with Crippen LogP contribution >= 0.6 is 22.7 Å². The lowest BCUT2D eigenvalue weighted by Gasteiger charge is -2.38. The molecule has 2 fully saturated rings. The van der Waals surface area contributed by atoms with E-state index >= 15 is 0 Å². The van der Waals surface area contributed by atoms with Crippen LogP contribution in [-0.4, -0.2) is 51.8 Å². The molecule has 1 spiro atoms. The fourth-order valence-electron chi connectivity index (χ4n) is 4.03. The number of nitrogens with one attached hydrogen (secondary N) is 1. The second-order valence-electron chi connectivity index (χ2n) is 6.86. The lowest BCUT2D eigenvalue weighted by molar-refractivity contribution is -0.933. The van der Waals surface area contributed by atoms with E-state index < -0.39 is 0 Å². The van der Waals surface area contributed by atoms with Gasteiger partial charge in [0.2, 0.25) is 10.8 Å². The van der Waals surface area contributed by atoms with Gasteiger partial charge >= 0.3 is 0 Å². The van der Waals surface area contributed by atoms with E-state index in [1.807, 2.05) is 6.92 Å². The number of aromatic nitrogens is 3. The van der Waals surface area contributed by atoms with Gasteiger partial charge in [0.25, 0.3) is 0 Å². The van der Waals surface area contributed by atoms with Crippen LogP contribution in [-0.2, 0) is 9.47 Å². The molecule has 2 N–H and O–H groups in total. The van der Waals surface area contributed by atoms with Crippen LogP contribution in [0.3, 0.4) is 0 Å². The summed E-state index contributed by atoms with van der Waals surface area (Å²) >= 11 is 3.26. The third-order valence-corrected chi connectivity index (χ3v) is 7.29. The molecule has 5 rings (SSSR count). The van der Waals surface area contributed by atoms with Crippen molar-refractivity contribution < 1.29 is 19.5 Å². The highest BCUT2D eigenvalue weighted by Gasteiger charge is 2.45. The highest BCUT2D eigenvalue weighted by atomic mass is 32.1. The lowest BCUT2D eigenvalue weighted by atomic mass is 10.0. The van der Waals surface area contributed by atoms with E-state index in [1.165, 1.54) is 21.1 Å². The Morgan fingerprint density at radius 1 is 1.31 bits per heavy atom. The fourth-order valence-corrected chi connectivity index (χ4v) is 6.18. The van der Waals surface area contributed by atoms with E-state index in [-0.39, 0.29) is 17.7 Å². The number of aromatic hydroxyl groups is 1. The Hall–Kier alpha value is -1.52. The van der Waals surface area contributed by atoms with Crippen molar-refractivity contribution in [2.75, 3.05) is 26.3 Å². The van der Waals surface area contributed by atoms with E-state index in [0.717, 1.165) is 35.8 Å². The molecular weight excluding hydrogens is 372 g/mol. The number of nitrogens with zero attached hydrogens (tertiary/aromatic N) is 3.